The third-order valence-corrected chi connectivity index (χ3v) is 2.72. The van der Waals surface area contributed by atoms with E-state index >= 15 is 0 Å². The number of H-pyrrole nitrogens is 1. The first kappa shape index (κ1) is 9.33. The van der Waals surface area contributed by atoms with Gasteiger partial charge in [0.05, 0.1) is 16.1 Å². The Bertz CT molecular complexity index is 410. The van der Waals surface area contributed by atoms with E-state index in [2.05, 4.69) is 40.9 Å². The first-order valence-electron chi connectivity index (χ1n) is 4.39. The van der Waals surface area contributed by atoms with Gasteiger partial charge in [0.25, 0.3) is 0 Å². The molecule has 0 amide bonds. The zero-order valence-corrected chi connectivity index (χ0v) is 9.22. The van der Waals surface area contributed by atoms with Crippen LogP contribution < -0.4 is 0 Å². The van der Waals surface area contributed by atoms with E-state index in [-0.39, 0.29) is 5.41 Å². The second-order valence-electron chi connectivity index (χ2n) is 4.10. The summed E-state index contributed by atoms with van der Waals surface area (Å²) in [6.07, 6.45) is 1.58. The fourth-order valence-electron chi connectivity index (χ4n) is 1.26. The quantitative estimate of drug-likeness (QED) is 0.781. The predicted molar refractivity (Wildman–Crippen MR) is 56.2 cm³/mol. The lowest BCUT2D eigenvalue weighted by Gasteiger charge is -2.16. The van der Waals surface area contributed by atoms with Crippen LogP contribution in [0.25, 0.3) is 10.7 Å². The van der Waals surface area contributed by atoms with E-state index in [0.717, 1.165) is 16.4 Å². The van der Waals surface area contributed by atoms with Crippen molar-refractivity contribution in [3.63, 3.8) is 0 Å². The maximum atomic E-state index is 4.37. The normalized spacial score (nSPS) is 11.9. The largest absolute Gasteiger partial charge is 0.265 e. The van der Waals surface area contributed by atoms with Crippen molar-refractivity contribution in [2.75, 3.05) is 0 Å². The fourth-order valence-corrected chi connectivity index (χ4v) is 2.20. The zero-order chi connectivity index (χ0) is 10.2. The number of aromatic nitrogens is 4. The molecule has 0 unspecified atom stereocenters. The molecule has 74 valence electrons. The van der Waals surface area contributed by atoms with Crippen LogP contribution in [0.2, 0.25) is 0 Å². The van der Waals surface area contributed by atoms with Gasteiger partial charge in [0.2, 0.25) is 0 Å². The SMILES string of the molecule is CC(C)(C)c1ncsc1-c1nc[nH]n1. The van der Waals surface area contributed by atoms with Crippen molar-refractivity contribution in [3.05, 3.63) is 17.5 Å². The van der Waals surface area contributed by atoms with Gasteiger partial charge in [-0.1, -0.05) is 20.8 Å². The topological polar surface area (TPSA) is 54.5 Å². The number of hydrogen-bond acceptors (Lipinski definition) is 4. The number of hydrogen-bond donors (Lipinski definition) is 1. The summed E-state index contributed by atoms with van der Waals surface area (Å²) in [6.45, 7) is 6.41. The highest BCUT2D eigenvalue weighted by molar-refractivity contribution is 7.13. The van der Waals surface area contributed by atoms with Gasteiger partial charge < -0.3 is 0 Å². The molecule has 0 atom stereocenters. The van der Waals surface area contributed by atoms with Crippen LogP contribution >= 0.6 is 11.3 Å². The average molecular weight is 208 g/mol. The Labute approximate surface area is 86.4 Å². The predicted octanol–water partition coefficient (Wildman–Crippen LogP) is 2.23. The Balaban J connectivity index is 2.51. The van der Waals surface area contributed by atoms with Crippen molar-refractivity contribution in [1.29, 1.82) is 0 Å². The highest BCUT2D eigenvalue weighted by Crippen LogP contribution is 2.32. The van der Waals surface area contributed by atoms with Crippen LogP contribution in [0.1, 0.15) is 26.5 Å². The van der Waals surface area contributed by atoms with Crippen LogP contribution in [0.4, 0.5) is 0 Å². The van der Waals surface area contributed by atoms with E-state index in [0.29, 0.717) is 0 Å². The van der Waals surface area contributed by atoms with Crippen LogP contribution in [0, 0.1) is 0 Å². The lowest BCUT2D eigenvalue weighted by atomic mass is 9.91. The summed E-state index contributed by atoms with van der Waals surface area (Å²) < 4.78 is 0. The van der Waals surface area contributed by atoms with Crippen molar-refractivity contribution in [2.45, 2.75) is 26.2 Å². The smallest absolute Gasteiger partial charge is 0.192 e. The minimum atomic E-state index is 0.0377. The Morgan fingerprint density at radius 2 is 2.07 bits per heavy atom. The monoisotopic (exact) mass is 208 g/mol. The summed E-state index contributed by atoms with van der Waals surface area (Å²) in [6, 6.07) is 0. The number of rotatable bonds is 1. The molecule has 2 heterocycles. The molecule has 0 bridgehead atoms. The zero-order valence-electron chi connectivity index (χ0n) is 8.40. The Kier molecular flexibility index (Phi) is 2.11. The van der Waals surface area contributed by atoms with Crippen molar-refractivity contribution >= 4 is 11.3 Å². The molecular formula is C9H12N4S. The molecule has 0 aliphatic rings. The van der Waals surface area contributed by atoms with Gasteiger partial charge in [0.1, 0.15) is 6.33 Å². The second-order valence-corrected chi connectivity index (χ2v) is 4.96. The van der Waals surface area contributed by atoms with Crippen LogP contribution in [0.5, 0.6) is 0 Å². The van der Waals surface area contributed by atoms with Gasteiger partial charge in [-0.05, 0) is 0 Å². The molecule has 2 aromatic heterocycles. The molecular weight excluding hydrogens is 196 g/mol. The van der Waals surface area contributed by atoms with Crippen molar-refractivity contribution in [3.8, 4) is 10.7 Å². The lowest BCUT2D eigenvalue weighted by Crippen LogP contribution is -2.12. The molecule has 0 spiro atoms. The summed E-state index contributed by atoms with van der Waals surface area (Å²) in [5.74, 6) is 0.734. The Hall–Kier alpha value is -1.23. The fraction of sp³-hybridized carbons (Fsp3) is 0.444. The van der Waals surface area contributed by atoms with Crippen molar-refractivity contribution in [1.82, 2.24) is 20.2 Å². The second kappa shape index (κ2) is 3.16. The van der Waals surface area contributed by atoms with E-state index in [1.807, 2.05) is 5.51 Å². The van der Waals surface area contributed by atoms with Crippen LogP contribution in [0.15, 0.2) is 11.8 Å². The van der Waals surface area contributed by atoms with Gasteiger partial charge >= 0.3 is 0 Å². The number of aromatic amines is 1. The first-order valence-corrected chi connectivity index (χ1v) is 5.27. The van der Waals surface area contributed by atoms with Gasteiger partial charge in [-0.25, -0.2) is 9.97 Å². The molecule has 5 heteroatoms. The molecule has 0 radical (unpaired) electrons. The summed E-state index contributed by atoms with van der Waals surface area (Å²) in [7, 11) is 0. The molecule has 1 N–H and O–H groups in total. The molecule has 14 heavy (non-hydrogen) atoms. The lowest BCUT2D eigenvalue weighted by molar-refractivity contribution is 0.574. The van der Waals surface area contributed by atoms with Gasteiger partial charge in [-0.3, -0.25) is 5.10 Å². The van der Waals surface area contributed by atoms with Gasteiger partial charge in [-0.2, -0.15) is 5.10 Å². The maximum Gasteiger partial charge on any atom is 0.192 e. The molecule has 0 aliphatic carbocycles. The highest BCUT2D eigenvalue weighted by Gasteiger charge is 2.23. The van der Waals surface area contributed by atoms with E-state index in [1.54, 1.807) is 17.7 Å². The van der Waals surface area contributed by atoms with Crippen LogP contribution in [-0.2, 0) is 5.41 Å². The minimum absolute atomic E-state index is 0.0377. The minimum Gasteiger partial charge on any atom is -0.265 e. The summed E-state index contributed by atoms with van der Waals surface area (Å²) >= 11 is 1.58. The molecule has 0 aliphatic heterocycles. The standard InChI is InChI=1S/C9H12N4S/c1-9(2,3)7-6(14-5-11-7)8-10-4-12-13-8/h4-5H,1-3H3,(H,10,12,13). The highest BCUT2D eigenvalue weighted by atomic mass is 32.1. The van der Waals surface area contributed by atoms with Crippen LogP contribution in [-0.4, -0.2) is 20.2 Å². The summed E-state index contributed by atoms with van der Waals surface area (Å²) in [5.41, 5.74) is 2.93. The number of nitrogens with one attached hydrogen (secondary N) is 1. The molecule has 0 fully saturated rings. The molecule has 4 nitrogen and oxygen atoms in total. The van der Waals surface area contributed by atoms with E-state index in [1.165, 1.54) is 0 Å². The first-order chi connectivity index (χ1) is 6.59. The third-order valence-electron chi connectivity index (χ3n) is 1.90. The molecule has 2 rings (SSSR count). The number of nitrogens with zero attached hydrogens (tertiary/aromatic N) is 3. The molecule has 2 aromatic rings. The van der Waals surface area contributed by atoms with Crippen molar-refractivity contribution < 1.29 is 0 Å². The molecule has 0 saturated heterocycles. The molecule has 0 saturated carbocycles. The summed E-state index contributed by atoms with van der Waals surface area (Å²) in [5, 5.41) is 6.78. The Morgan fingerprint density at radius 1 is 1.29 bits per heavy atom. The van der Waals surface area contributed by atoms with Gasteiger partial charge in [-0.15, -0.1) is 11.3 Å². The van der Waals surface area contributed by atoms with E-state index < -0.39 is 0 Å². The van der Waals surface area contributed by atoms with E-state index in [4.69, 9.17) is 0 Å². The maximum absolute atomic E-state index is 4.37. The summed E-state index contributed by atoms with van der Waals surface area (Å²) in [4.78, 5) is 9.56. The third kappa shape index (κ3) is 1.55. The average Bonchev–Trinajstić information content (AvgIpc) is 2.73. The van der Waals surface area contributed by atoms with E-state index in [9.17, 15) is 0 Å². The van der Waals surface area contributed by atoms with Gasteiger partial charge in [0.15, 0.2) is 5.82 Å². The Morgan fingerprint density at radius 3 is 2.64 bits per heavy atom. The molecule has 0 aromatic carbocycles. The number of thiazole rings is 1. The van der Waals surface area contributed by atoms with Crippen molar-refractivity contribution in [2.24, 2.45) is 0 Å². The van der Waals surface area contributed by atoms with Gasteiger partial charge in [0, 0.05) is 5.41 Å². The van der Waals surface area contributed by atoms with Crippen LogP contribution in [0.3, 0.4) is 0 Å².